The fourth-order valence-electron chi connectivity index (χ4n) is 2.38. The minimum absolute atomic E-state index is 0. The van der Waals surface area contributed by atoms with Crippen molar-refractivity contribution in [2.75, 3.05) is 12.8 Å². The number of hydrogen-bond acceptors (Lipinski definition) is 5. The van der Waals surface area contributed by atoms with Crippen molar-refractivity contribution in [3.05, 3.63) is 77.9 Å². The van der Waals surface area contributed by atoms with E-state index in [1.807, 2.05) is 30.3 Å². The number of nitrogen functional groups attached to an aromatic ring is 1. The molecule has 3 aromatic rings. The van der Waals surface area contributed by atoms with Crippen LogP contribution in [0.2, 0.25) is 0 Å². The number of hydrogen-bond donors (Lipinski definition) is 2. The van der Waals surface area contributed by atoms with Crippen LogP contribution in [0.25, 0.3) is 0 Å². The van der Waals surface area contributed by atoms with Crippen molar-refractivity contribution >= 4 is 35.6 Å². The molecule has 0 saturated carbocycles. The summed E-state index contributed by atoms with van der Waals surface area (Å²) >= 11 is 1.48. The molecule has 0 aromatic heterocycles. The summed E-state index contributed by atoms with van der Waals surface area (Å²) in [6, 6.07) is 19.8. The monoisotopic (exact) mass is 387 g/mol. The maximum atomic E-state index is 12.8. The molecule has 0 aliphatic carbocycles. The molecule has 3 rings (SSSR count). The van der Waals surface area contributed by atoms with E-state index in [1.54, 1.807) is 43.5 Å². The van der Waals surface area contributed by atoms with Gasteiger partial charge in [-0.3, -0.25) is 4.79 Å². The Morgan fingerprint density at radius 1 is 1.00 bits per heavy atom. The van der Waals surface area contributed by atoms with Crippen LogP contribution in [0.5, 0.6) is 11.5 Å². The number of aromatic hydroxyl groups is 1. The van der Waals surface area contributed by atoms with Gasteiger partial charge in [0.15, 0.2) is 5.78 Å². The third-order valence-corrected chi connectivity index (χ3v) is 4.67. The molecular weight excluding hydrogens is 370 g/mol. The predicted molar refractivity (Wildman–Crippen MR) is 107 cm³/mol. The van der Waals surface area contributed by atoms with Gasteiger partial charge in [-0.15, -0.1) is 12.4 Å². The second-order valence-corrected chi connectivity index (χ2v) is 6.53. The van der Waals surface area contributed by atoms with Crippen LogP contribution in [0.4, 0.5) is 5.69 Å². The normalized spacial score (nSPS) is 10.0. The lowest BCUT2D eigenvalue weighted by molar-refractivity contribution is 0.103. The van der Waals surface area contributed by atoms with E-state index in [0.29, 0.717) is 11.3 Å². The molecule has 0 aliphatic heterocycles. The van der Waals surface area contributed by atoms with Crippen LogP contribution in [0.1, 0.15) is 15.9 Å². The maximum Gasteiger partial charge on any atom is 0.196 e. The van der Waals surface area contributed by atoms with Crippen molar-refractivity contribution in [3.63, 3.8) is 0 Å². The Morgan fingerprint density at radius 2 is 1.65 bits per heavy atom. The molecule has 0 bridgehead atoms. The Kier molecular flexibility index (Phi) is 6.55. The van der Waals surface area contributed by atoms with Crippen molar-refractivity contribution in [3.8, 4) is 11.5 Å². The molecule has 4 nitrogen and oxygen atoms in total. The lowest BCUT2D eigenvalue weighted by atomic mass is 10.0. The summed E-state index contributed by atoms with van der Waals surface area (Å²) in [7, 11) is 1.56. The Hall–Kier alpha value is -2.63. The first kappa shape index (κ1) is 19.7. The molecule has 0 fully saturated rings. The number of halogens is 1. The van der Waals surface area contributed by atoms with Gasteiger partial charge in [0.2, 0.25) is 0 Å². The molecule has 0 unspecified atom stereocenters. The molecule has 0 saturated heterocycles. The molecule has 26 heavy (non-hydrogen) atoms. The largest absolute Gasteiger partial charge is 0.505 e. The first-order chi connectivity index (χ1) is 12.1. The second-order valence-electron chi connectivity index (χ2n) is 5.38. The van der Waals surface area contributed by atoms with E-state index in [4.69, 9.17) is 10.5 Å². The highest BCUT2D eigenvalue weighted by molar-refractivity contribution is 7.99. The number of ketones is 1. The SMILES string of the molecule is COc1ccc(C(=O)c2cc(Sc3ccccc3)cc(N)c2O)cc1.Cl. The number of phenols is 1. The van der Waals surface area contributed by atoms with Crippen molar-refractivity contribution in [2.24, 2.45) is 0 Å². The average Bonchev–Trinajstić information content (AvgIpc) is 2.65. The number of nitrogens with two attached hydrogens (primary N) is 1. The molecule has 0 radical (unpaired) electrons. The van der Waals surface area contributed by atoms with Gasteiger partial charge in [-0.2, -0.15) is 0 Å². The van der Waals surface area contributed by atoms with Crippen LogP contribution < -0.4 is 10.5 Å². The van der Waals surface area contributed by atoms with E-state index in [-0.39, 0.29) is 35.2 Å². The molecule has 3 N–H and O–H groups in total. The van der Waals surface area contributed by atoms with Gasteiger partial charge in [-0.25, -0.2) is 0 Å². The van der Waals surface area contributed by atoms with Crippen molar-refractivity contribution in [1.29, 1.82) is 0 Å². The topological polar surface area (TPSA) is 72.5 Å². The van der Waals surface area contributed by atoms with E-state index in [0.717, 1.165) is 9.79 Å². The van der Waals surface area contributed by atoms with Crippen LogP contribution in [-0.2, 0) is 0 Å². The lowest BCUT2D eigenvalue weighted by Crippen LogP contribution is -2.04. The number of rotatable bonds is 5. The van der Waals surface area contributed by atoms with Crippen molar-refractivity contribution < 1.29 is 14.6 Å². The Balaban J connectivity index is 0.00000243. The summed E-state index contributed by atoms with van der Waals surface area (Å²) in [6.07, 6.45) is 0. The number of carbonyl (C=O) groups excluding carboxylic acids is 1. The standard InChI is InChI=1S/C20H17NO3S.ClH/c1-24-14-9-7-13(8-10-14)19(22)17-11-16(12-18(21)20(17)23)25-15-5-3-2-4-6-15;/h2-12,23H,21H2,1H3;1H. The number of carbonyl (C=O) groups is 1. The van der Waals surface area contributed by atoms with Gasteiger partial charge in [-0.05, 0) is 48.5 Å². The number of anilines is 1. The summed E-state index contributed by atoms with van der Waals surface area (Å²) in [5, 5.41) is 10.2. The Labute approximate surface area is 162 Å². The number of ether oxygens (including phenoxy) is 1. The van der Waals surface area contributed by atoms with E-state index in [1.165, 1.54) is 11.8 Å². The summed E-state index contributed by atoms with van der Waals surface area (Å²) < 4.78 is 5.10. The van der Waals surface area contributed by atoms with Crippen LogP contribution in [0.15, 0.2) is 76.5 Å². The fraction of sp³-hybridized carbons (Fsp3) is 0.0500. The zero-order valence-corrected chi connectivity index (χ0v) is 15.6. The zero-order chi connectivity index (χ0) is 17.8. The van der Waals surface area contributed by atoms with Gasteiger partial charge in [-0.1, -0.05) is 30.0 Å². The third kappa shape index (κ3) is 4.31. The molecule has 6 heteroatoms. The van der Waals surface area contributed by atoms with E-state index < -0.39 is 0 Å². The highest BCUT2D eigenvalue weighted by Gasteiger charge is 2.17. The first-order valence-electron chi connectivity index (χ1n) is 7.62. The molecule has 0 aliphatic rings. The quantitative estimate of drug-likeness (QED) is 0.374. The smallest absolute Gasteiger partial charge is 0.196 e. The van der Waals surface area contributed by atoms with Gasteiger partial charge in [0, 0.05) is 15.4 Å². The molecule has 3 aromatic carbocycles. The van der Waals surface area contributed by atoms with E-state index in [2.05, 4.69) is 0 Å². The molecule has 0 heterocycles. The summed E-state index contributed by atoms with van der Waals surface area (Å²) in [6.45, 7) is 0. The van der Waals surface area contributed by atoms with Gasteiger partial charge in [0.1, 0.15) is 11.5 Å². The van der Waals surface area contributed by atoms with Gasteiger partial charge in [0.25, 0.3) is 0 Å². The van der Waals surface area contributed by atoms with Crippen LogP contribution in [0, 0.1) is 0 Å². The third-order valence-electron chi connectivity index (χ3n) is 3.69. The zero-order valence-electron chi connectivity index (χ0n) is 14.0. The number of methoxy groups -OCH3 is 1. The van der Waals surface area contributed by atoms with Gasteiger partial charge < -0.3 is 15.6 Å². The first-order valence-corrected chi connectivity index (χ1v) is 8.44. The molecular formula is C20H18ClNO3S. The molecule has 134 valence electrons. The molecule has 0 atom stereocenters. The number of phenolic OH excluding ortho intramolecular Hbond substituents is 1. The highest BCUT2D eigenvalue weighted by atomic mass is 35.5. The van der Waals surface area contributed by atoms with E-state index >= 15 is 0 Å². The summed E-state index contributed by atoms with van der Waals surface area (Å²) in [5.41, 5.74) is 6.72. The van der Waals surface area contributed by atoms with Crippen molar-refractivity contribution in [1.82, 2.24) is 0 Å². The minimum atomic E-state index is -0.289. The summed E-state index contributed by atoms with van der Waals surface area (Å²) in [4.78, 5) is 14.6. The average molecular weight is 388 g/mol. The molecule has 0 spiro atoms. The van der Waals surface area contributed by atoms with Crippen LogP contribution in [0.3, 0.4) is 0 Å². The van der Waals surface area contributed by atoms with Gasteiger partial charge >= 0.3 is 0 Å². The highest BCUT2D eigenvalue weighted by Crippen LogP contribution is 2.36. The minimum Gasteiger partial charge on any atom is -0.505 e. The van der Waals surface area contributed by atoms with Gasteiger partial charge in [0.05, 0.1) is 18.4 Å². The van der Waals surface area contributed by atoms with Crippen LogP contribution in [-0.4, -0.2) is 18.0 Å². The lowest BCUT2D eigenvalue weighted by Gasteiger charge is -2.10. The Morgan fingerprint density at radius 3 is 2.27 bits per heavy atom. The van der Waals surface area contributed by atoms with E-state index in [9.17, 15) is 9.90 Å². The Bertz CT molecular complexity index is 899. The maximum absolute atomic E-state index is 12.8. The number of benzene rings is 3. The predicted octanol–water partition coefficient (Wildman–Crippen LogP) is 4.79. The second kappa shape index (κ2) is 8.65. The van der Waals surface area contributed by atoms with Crippen LogP contribution >= 0.6 is 24.2 Å². The fourth-order valence-corrected chi connectivity index (χ4v) is 3.31. The summed E-state index contributed by atoms with van der Waals surface area (Å²) in [5.74, 6) is 0.175. The van der Waals surface area contributed by atoms with Crippen molar-refractivity contribution in [2.45, 2.75) is 9.79 Å². The molecule has 0 amide bonds.